The van der Waals surface area contributed by atoms with E-state index in [1.807, 2.05) is 13.2 Å². The van der Waals surface area contributed by atoms with Crippen LogP contribution >= 0.6 is 0 Å². The molecular weight excluding hydrogens is 174 g/mol. The number of aromatic nitrogens is 2. The van der Waals surface area contributed by atoms with Crippen molar-refractivity contribution in [1.29, 1.82) is 0 Å². The third kappa shape index (κ3) is 2.58. The topological polar surface area (TPSA) is 29.9 Å². The van der Waals surface area contributed by atoms with Gasteiger partial charge in [-0.25, -0.2) is 4.98 Å². The van der Waals surface area contributed by atoms with Gasteiger partial charge in [0.05, 0.1) is 0 Å². The molecule has 3 heteroatoms. The van der Waals surface area contributed by atoms with E-state index in [0.29, 0.717) is 6.04 Å². The maximum Gasteiger partial charge on any atom is 0.108 e. The molecule has 0 amide bonds. The van der Waals surface area contributed by atoms with Gasteiger partial charge in [0.25, 0.3) is 0 Å². The molecule has 0 aliphatic rings. The van der Waals surface area contributed by atoms with Gasteiger partial charge in [0.15, 0.2) is 0 Å². The molecule has 0 fully saturated rings. The van der Waals surface area contributed by atoms with Gasteiger partial charge in [-0.2, -0.15) is 0 Å². The quantitative estimate of drug-likeness (QED) is 0.752. The average Bonchev–Trinajstić information content (AvgIpc) is 2.63. The lowest BCUT2D eigenvalue weighted by atomic mass is 10.2. The molecule has 0 bridgehead atoms. The van der Waals surface area contributed by atoms with Crippen LogP contribution in [-0.2, 0) is 6.42 Å². The SMILES string of the molecule is CCCc1nccn1C(CC)CNC. The molecule has 1 N–H and O–H groups in total. The average molecular weight is 195 g/mol. The highest BCUT2D eigenvalue weighted by molar-refractivity contribution is 4.95. The second-order valence-corrected chi connectivity index (χ2v) is 3.62. The number of imidazole rings is 1. The Bertz CT molecular complexity index is 255. The third-order valence-corrected chi connectivity index (χ3v) is 2.53. The Kier molecular flexibility index (Phi) is 4.66. The number of likely N-dealkylation sites (N-methyl/N-ethyl adjacent to an activating group) is 1. The molecule has 80 valence electrons. The van der Waals surface area contributed by atoms with Crippen molar-refractivity contribution in [3.05, 3.63) is 18.2 Å². The van der Waals surface area contributed by atoms with Gasteiger partial charge in [-0.1, -0.05) is 13.8 Å². The van der Waals surface area contributed by atoms with Crippen molar-refractivity contribution in [2.45, 2.75) is 39.2 Å². The fourth-order valence-electron chi connectivity index (χ4n) is 1.77. The van der Waals surface area contributed by atoms with Crippen molar-refractivity contribution in [2.75, 3.05) is 13.6 Å². The Balaban J connectivity index is 2.74. The zero-order valence-electron chi connectivity index (χ0n) is 9.45. The number of rotatable bonds is 6. The van der Waals surface area contributed by atoms with E-state index < -0.39 is 0 Å². The highest BCUT2D eigenvalue weighted by Crippen LogP contribution is 2.13. The van der Waals surface area contributed by atoms with Crippen LogP contribution in [0.15, 0.2) is 12.4 Å². The molecule has 1 heterocycles. The molecule has 1 unspecified atom stereocenters. The summed E-state index contributed by atoms with van der Waals surface area (Å²) in [5.74, 6) is 1.22. The van der Waals surface area contributed by atoms with Crippen LogP contribution in [0.3, 0.4) is 0 Å². The van der Waals surface area contributed by atoms with Gasteiger partial charge in [-0.05, 0) is 19.9 Å². The molecule has 0 aromatic carbocycles. The first-order chi connectivity index (χ1) is 6.83. The van der Waals surface area contributed by atoms with Gasteiger partial charge in [0.2, 0.25) is 0 Å². The van der Waals surface area contributed by atoms with Crippen LogP contribution in [0.4, 0.5) is 0 Å². The molecule has 0 saturated carbocycles. The van der Waals surface area contributed by atoms with Crippen molar-refractivity contribution in [1.82, 2.24) is 14.9 Å². The molecule has 1 aromatic rings. The largest absolute Gasteiger partial charge is 0.331 e. The first-order valence-electron chi connectivity index (χ1n) is 5.49. The number of hydrogen-bond donors (Lipinski definition) is 1. The lowest BCUT2D eigenvalue weighted by Crippen LogP contribution is -2.22. The minimum atomic E-state index is 0.545. The van der Waals surface area contributed by atoms with Gasteiger partial charge < -0.3 is 9.88 Å². The van der Waals surface area contributed by atoms with Crippen LogP contribution in [-0.4, -0.2) is 23.1 Å². The van der Waals surface area contributed by atoms with E-state index in [1.165, 1.54) is 5.82 Å². The van der Waals surface area contributed by atoms with E-state index in [1.54, 1.807) is 0 Å². The lowest BCUT2D eigenvalue weighted by Gasteiger charge is -2.18. The van der Waals surface area contributed by atoms with Crippen LogP contribution in [0, 0.1) is 0 Å². The zero-order valence-corrected chi connectivity index (χ0v) is 9.45. The zero-order chi connectivity index (χ0) is 10.4. The summed E-state index contributed by atoms with van der Waals surface area (Å²) in [6.45, 7) is 5.43. The summed E-state index contributed by atoms with van der Waals surface area (Å²) in [5.41, 5.74) is 0. The number of nitrogens with one attached hydrogen (secondary N) is 1. The van der Waals surface area contributed by atoms with E-state index in [9.17, 15) is 0 Å². The van der Waals surface area contributed by atoms with Gasteiger partial charge in [0.1, 0.15) is 5.82 Å². The molecular formula is C11H21N3. The van der Waals surface area contributed by atoms with Gasteiger partial charge in [0, 0.05) is 31.4 Å². The number of hydrogen-bond acceptors (Lipinski definition) is 2. The Hall–Kier alpha value is -0.830. The monoisotopic (exact) mass is 195 g/mol. The number of aryl methyl sites for hydroxylation is 1. The molecule has 3 nitrogen and oxygen atoms in total. The van der Waals surface area contributed by atoms with E-state index in [2.05, 4.69) is 34.9 Å². The minimum Gasteiger partial charge on any atom is -0.331 e. The molecule has 0 spiro atoms. The predicted octanol–water partition coefficient (Wildman–Crippen LogP) is 2.01. The Labute approximate surface area is 86.5 Å². The molecule has 0 aliphatic heterocycles. The highest BCUT2D eigenvalue weighted by Gasteiger charge is 2.10. The lowest BCUT2D eigenvalue weighted by molar-refractivity contribution is 0.448. The number of nitrogens with zero attached hydrogens (tertiary/aromatic N) is 2. The fraction of sp³-hybridized carbons (Fsp3) is 0.727. The summed E-state index contributed by atoms with van der Waals surface area (Å²) in [4.78, 5) is 4.39. The fourth-order valence-corrected chi connectivity index (χ4v) is 1.77. The van der Waals surface area contributed by atoms with Crippen molar-refractivity contribution >= 4 is 0 Å². The summed E-state index contributed by atoms with van der Waals surface area (Å²) < 4.78 is 2.31. The molecule has 1 rings (SSSR count). The van der Waals surface area contributed by atoms with E-state index in [4.69, 9.17) is 0 Å². The van der Waals surface area contributed by atoms with Crippen LogP contribution in [0.2, 0.25) is 0 Å². The first kappa shape index (κ1) is 11.2. The molecule has 0 aliphatic carbocycles. The molecule has 1 aromatic heterocycles. The Morgan fingerprint density at radius 3 is 2.86 bits per heavy atom. The van der Waals surface area contributed by atoms with Crippen molar-refractivity contribution in [2.24, 2.45) is 0 Å². The van der Waals surface area contributed by atoms with Crippen LogP contribution < -0.4 is 5.32 Å². The standard InChI is InChI=1S/C11H21N3/c1-4-6-11-13-7-8-14(11)10(5-2)9-12-3/h7-8,10,12H,4-6,9H2,1-3H3. The summed E-state index contributed by atoms with van der Waals surface area (Å²) in [6.07, 6.45) is 7.38. The van der Waals surface area contributed by atoms with E-state index in [0.717, 1.165) is 25.8 Å². The maximum absolute atomic E-state index is 4.39. The minimum absolute atomic E-state index is 0.545. The second-order valence-electron chi connectivity index (χ2n) is 3.62. The highest BCUT2D eigenvalue weighted by atomic mass is 15.1. The predicted molar refractivity (Wildman–Crippen MR) is 59.5 cm³/mol. The molecule has 0 saturated heterocycles. The Morgan fingerprint density at radius 2 is 2.29 bits per heavy atom. The normalized spacial score (nSPS) is 13.1. The summed E-state index contributed by atoms with van der Waals surface area (Å²) in [7, 11) is 2.00. The summed E-state index contributed by atoms with van der Waals surface area (Å²) in [6, 6.07) is 0.545. The van der Waals surface area contributed by atoms with E-state index in [-0.39, 0.29) is 0 Å². The third-order valence-electron chi connectivity index (χ3n) is 2.53. The van der Waals surface area contributed by atoms with Gasteiger partial charge >= 0.3 is 0 Å². The van der Waals surface area contributed by atoms with Crippen LogP contribution in [0.1, 0.15) is 38.6 Å². The van der Waals surface area contributed by atoms with Gasteiger partial charge in [-0.3, -0.25) is 0 Å². The molecule has 14 heavy (non-hydrogen) atoms. The van der Waals surface area contributed by atoms with Crippen molar-refractivity contribution < 1.29 is 0 Å². The summed E-state index contributed by atoms with van der Waals surface area (Å²) >= 11 is 0. The second kappa shape index (κ2) is 5.81. The van der Waals surface area contributed by atoms with Crippen LogP contribution in [0.5, 0.6) is 0 Å². The van der Waals surface area contributed by atoms with Crippen molar-refractivity contribution in [3.8, 4) is 0 Å². The molecule has 0 radical (unpaired) electrons. The Morgan fingerprint density at radius 1 is 1.50 bits per heavy atom. The van der Waals surface area contributed by atoms with Crippen LogP contribution in [0.25, 0.3) is 0 Å². The maximum atomic E-state index is 4.39. The first-order valence-corrected chi connectivity index (χ1v) is 5.49. The van der Waals surface area contributed by atoms with E-state index >= 15 is 0 Å². The smallest absolute Gasteiger partial charge is 0.108 e. The van der Waals surface area contributed by atoms with Gasteiger partial charge in [-0.15, -0.1) is 0 Å². The van der Waals surface area contributed by atoms with Crippen molar-refractivity contribution in [3.63, 3.8) is 0 Å². The molecule has 1 atom stereocenters. The summed E-state index contributed by atoms with van der Waals surface area (Å²) in [5, 5.41) is 3.23.